The van der Waals surface area contributed by atoms with Crippen molar-refractivity contribution in [2.75, 3.05) is 0 Å². The van der Waals surface area contributed by atoms with Gasteiger partial charge in [0.1, 0.15) is 28.3 Å². The molecule has 1 amide bonds. The molecule has 1 unspecified atom stereocenters. The summed E-state index contributed by atoms with van der Waals surface area (Å²) >= 11 is 1.19. The van der Waals surface area contributed by atoms with Crippen LogP contribution in [0, 0.1) is 31.0 Å². The number of nitrogens with zero attached hydrogens (tertiary/aromatic N) is 3. The summed E-state index contributed by atoms with van der Waals surface area (Å²) in [7, 11) is 0. The molecular formula is C17H17FN4OS. The molecule has 0 spiro atoms. The number of carbonyl (C=O) groups is 1. The maximum atomic E-state index is 13.6. The molecule has 0 radical (unpaired) electrons. The Balaban J connectivity index is 2.05. The Bertz CT molecular complexity index is 804. The van der Waals surface area contributed by atoms with Gasteiger partial charge in [-0.3, -0.25) is 4.79 Å². The minimum absolute atomic E-state index is 0.114. The first-order valence-corrected chi connectivity index (χ1v) is 8.23. The highest BCUT2D eigenvalue weighted by atomic mass is 32.2. The first kappa shape index (κ1) is 17.9. The van der Waals surface area contributed by atoms with Gasteiger partial charge in [0.15, 0.2) is 0 Å². The van der Waals surface area contributed by atoms with Crippen molar-refractivity contribution < 1.29 is 9.18 Å². The molecule has 0 aliphatic heterocycles. The van der Waals surface area contributed by atoms with Gasteiger partial charge in [-0.1, -0.05) is 30.0 Å². The maximum Gasteiger partial charge on any atom is 0.233 e. The molecule has 2 rings (SSSR count). The molecule has 7 heteroatoms. The number of thioether (sulfide) groups is 1. The molecule has 5 nitrogen and oxygen atoms in total. The smallest absolute Gasteiger partial charge is 0.233 e. The SMILES string of the molecule is Cc1nc(C)c(C#N)c(SC(C)C(=O)NCc2ccccc2F)n1. The van der Waals surface area contributed by atoms with E-state index in [1.165, 1.54) is 17.8 Å². The minimum atomic E-state index is -0.474. The van der Waals surface area contributed by atoms with Crippen LogP contribution < -0.4 is 5.32 Å². The molecule has 1 aromatic carbocycles. The quantitative estimate of drug-likeness (QED) is 0.666. The Morgan fingerprint density at radius 1 is 1.38 bits per heavy atom. The predicted molar refractivity (Wildman–Crippen MR) is 89.8 cm³/mol. The van der Waals surface area contributed by atoms with E-state index in [2.05, 4.69) is 21.4 Å². The molecule has 2 aromatic rings. The van der Waals surface area contributed by atoms with Crippen molar-refractivity contribution in [3.63, 3.8) is 0 Å². The number of rotatable bonds is 5. The van der Waals surface area contributed by atoms with Crippen LogP contribution in [0.1, 0.15) is 29.6 Å². The maximum absolute atomic E-state index is 13.6. The minimum Gasteiger partial charge on any atom is -0.351 e. The van der Waals surface area contributed by atoms with Gasteiger partial charge >= 0.3 is 0 Å². The summed E-state index contributed by atoms with van der Waals surface area (Å²) in [4.78, 5) is 20.6. The van der Waals surface area contributed by atoms with Gasteiger partial charge in [0.25, 0.3) is 0 Å². The van der Waals surface area contributed by atoms with Crippen LogP contribution in [0.3, 0.4) is 0 Å². The van der Waals surface area contributed by atoms with E-state index in [1.807, 2.05) is 0 Å². The molecule has 1 atom stereocenters. The van der Waals surface area contributed by atoms with Crippen molar-refractivity contribution >= 4 is 17.7 Å². The fraction of sp³-hybridized carbons (Fsp3) is 0.294. The molecule has 24 heavy (non-hydrogen) atoms. The van der Waals surface area contributed by atoms with Gasteiger partial charge in [-0.25, -0.2) is 14.4 Å². The Kier molecular flexibility index (Phi) is 5.88. The van der Waals surface area contributed by atoms with Crippen molar-refractivity contribution in [1.82, 2.24) is 15.3 Å². The van der Waals surface area contributed by atoms with E-state index in [1.54, 1.807) is 39.0 Å². The standard InChI is InChI=1S/C17H17FN4OS/c1-10-14(8-19)17(22-12(3)21-10)24-11(2)16(23)20-9-13-6-4-5-7-15(13)18/h4-7,11H,9H2,1-3H3,(H,20,23). The van der Waals surface area contributed by atoms with Crippen LogP contribution in [0.4, 0.5) is 4.39 Å². The second-order valence-corrected chi connectivity index (χ2v) is 6.55. The summed E-state index contributed by atoms with van der Waals surface area (Å²) < 4.78 is 13.6. The second kappa shape index (κ2) is 7.88. The highest BCUT2D eigenvalue weighted by Gasteiger charge is 2.19. The van der Waals surface area contributed by atoms with Crippen LogP contribution in [0.2, 0.25) is 0 Å². The van der Waals surface area contributed by atoms with Gasteiger partial charge in [-0.05, 0) is 26.8 Å². The third-order valence-electron chi connectivity index (χ3n) is 3.35. The topological polar surface area (TPSA) is 78.7 Å². The molecule has 1 N–H and O–H groups in total. The number of carbonyl (C=O) groups excluding carboxylic acids is 1. The third kappa shape index (κ3) is 4.30. The monoisotopic (exact) mass is 344 g/mol. The zero-order chi connectivity index (χ0) is 17.7. The Morgan fingerprint density at radius 2 is 2.08 bits per heavy atom. The zero-order valence-electron chi connectivity index (χ0n) is 13.6. The van der Waals surface area contributed by atoms with Crippen LogP contribution in [-0.4, -0.2) is 21.1 Å². The molecule has 1 aromatic heterocycles. The molecule has 0 bridgehead atoms. The van der Waals surface area contributed by atoms with Crippen molar-refractivity contribution in [3.05, 3.63) is 52.7 Å². The molecule has 0 fully saturated rings. The zero-order valence-corrected chi connectivity index (χ0v) is 14.4. The van der Waals surface area contributed by atoms with E-state index in [0.29, 0.717) is 27.7 Å². The van der Waals surface area contributed by atoms with Crippen molar-refractivity contribution in [1.29, 1.82) is 5.26 Å². The summed E-state index contributed by atoms with van der Waals surface area (Å²) in [5, 5.41) is 11.9. The summed E-state index contributed by atoms with van der Waals surface area (Å²) in [6.45, 7) is 5.31. The lowest BCUT2D eigenvalue weighted by Crippen LogP contribution is -2.30. The molecule has 124 valence electrons. The van der Waals surface area contributed by atoms with Crippen LogP contribution >= 0.6 is 11.8 Å². The first-order chi connectivity index (χ1) is 11.4. The number of nitrogens with one attached hydrogen (secondary N) is 1. The number of aryl methyl sites for hydroxylation is 2. The van der Waals surface area contributed by atoms with E-state index in [-0.39, 0.29) is 18.3 Å². The lowest BCUT2D eigenvalue weighted by molar-refractivity contribution is -0.120. The second-order valence-electron chi connectivity index (χ2n) is 5.22. The van der Waals surface area contributed by atoms with Gasteiger partial charge in [-0.2, -0.15) is 5.26 Å². The number of aromatic nitrogens is 2. The first-order valence-electron chi connectivity index (χ1n) is 7.35. The summed E-state index contributed by atoms with van der Waals surface area (Å²) in [5.41, 5.74) is 1.39. The van der Waals surface area contributed by atoms with E-state index in [4.69, 9.17) is 0 Å². The number of hydrogen-bond donors (Lipinski definition) is 1. The molecule has 0 aliphatic carbocycles. The number of amides is 1. The van der Waals surface area contributed by atoms with Crippen molar-refractivity contribution in [2.24, 2.45) is 0 Å². The molecule has 0 aliphatic rings. The van der Waals surface area contributed by atoms with Gasteiger partial charge < -0.3 is 5.32 Å². The van der Waals surface area contributed by atoms with E-state index < -0.39 is 5.25 Å². The van der Waals surface area contributed by atoms with Gasteiger partial charge in [-0.15, -0.1) is 0 Å². The Hall–Kier alpha value is -2.46. The van der Waals surface area contributed by atoms with Crippen molar-refractivity contribution in [3.8, 4) is 6.07 Å². The van der Waals surface area contributed by atoms with Gasteiger partial charge in [0, 0.05) is 12.1 Å². The summed E-state index contributed by atoms with van der Waals surface area (Å²) in [6.07, 6.45) is 0. The highest BCUT2D eigenvalue weighted by molar-refractivity contribution is 8.00. The fourth-order valence-electron chi connectivity index (χ4n) is 2.08. The summed E-state index contributed by atoms with van der Waals surface area (Å²) in [6, 6.07) is 8.37. The third-order valence-corrected chi connectivity index (χ3v) is 4.44. The van der Waals surface area contributed by atoms with E-state index >= 15 is 0 Å². The fourth-order valence-corrected chi connectivity index (χ4v) is 3.11. The average Bonchev–Trinajstić information content (AvgIpc) is 2.53. The van der Waals surface area contributed by atoms with Crippen LogP contribution in [0.25, 0.3) is 0 Å². The predicted octanol–water partition coefficient (Wildman–Crippen LogP) is 2.90. The van der Waals surface area contributed by atoms with E-state index in [9.17, 15) is 14.4 Å². The Labute approximate surface area is 144 Å². The van der Waals surface area contributed by atoms with Crippen LogP contribution in [0.15, 0.2) is 29.3 Å². The highest BCUT2D eigenvalue weighted by Crippen LogP contribution is 2.26. The lowest BCUT2D eigenvalue weighted by atomic mass is 10.2. The summed E-state index contributed by atoms with van der Waals surface area (Å²) in [5.74, 6) is -0.0547. The van der Waals surface area contributed by atoms with Gasteiger partial charge in [0.2, 0.25) is 5.91 Å². The molecule has 0 saturated heterocycles. The molecule has 1 heterocycles. The number of nitriles is 1. The average molecular weight is 344 g/mol. The molecule has 0 saturated carbocycles. The number of halogens is 1. The van der Waals surface area contributed by atoms with Crippen LogP contribution in [0.5, 0.6) is 0 Å². The molecular weight excluding hydrogens is 327 g/mol. The Morgan fingerprint density at radius 3 is 2.75 bits per heavy atom. The number of benzene rings is 1. The van der Waals surface area contributed by atoms with E-state index in [0.717, 1.165) is 0 Å². The largest absolute Gasteiger partial charge is 0.351 e. The lowest BCUT2D eigenvalue weighted by Gasteiger charge is -2.13. The number of hydrogen-bond acceptors (Lipinski definition) is 5. The normalized spacial score (nSPS) is 11.6. The van der Waals surface area contributed by atoms with Crippen molar-refractivity contribution in [2.45, 2.75) is 37.6 Å². The van der Waals surface area contributed by atoms with Crippen LogP contribution in [-0.2, 0) is 11.3 Å². The van der Waals surface area contributed by atoms with Gasteiger partial charge in [0.05, 0.1) is 10.9 Å².